The molecule has 0 radical (unpaired) electrons. The molecule has 1 aromatic heterocycles. The summed E-state index contributed by atoms with van der Waals surface area (Å²) >= 11 is 0.924. The molecular weight excluding hydrogens is 401 g/mol. The quantitative estimate of drug-likeness (QED) is 0.554. The van der Waals surface area contributed by atoms with Gasteiger partial charge in [-0.25, -0.2) is 13.4 Å². The zero-order chi connectivity index (χ0) is 20.1. The Balaban J connectivity index is 1.86. The summed E-state index contributed by atoms with van der Waals surface area (Å²) in [5, 5.41) is 7.22. The molecule has 6 nitrogen and oxygen atoms in total. The topological polar surface area (TPSA) is 83.5 Å². The van der Waals surface area contributed by atoms with E-state index in [1.807, 2.05) is 0 Å². The molecule has 0 atom stereocenters. The monoisotopic (exact) mass is 420 g/mol. The van der Waals surface area contributed by atoms with Crippen molar-refractivity contribution in [3.63, 3.8) is 0 Å². The van der Waals surface area contributed by atoms with Gasteiger partial charge in [0.1, 0.15) is 5.01 Å². The average Bonchev–Trinajstić information content (AvgIpc) is 3.04. The lowest BCUT2D eigenvalue weighted by Gasteiger charge is -2.11. The number of alkyl halides is 3. The summed E-state index contributed by atoms with van der Waals surface area (Å²) in [4.78, 5) is 7.55. The van der Waals surface area contributed by atoms with Crippen molar-refractivity contribution in [3.05, 3.63) is 51.5 Å². The number of halogens is 3. The van der Waals surface area contributed by atoms with Gasteiger partial charge in [-0.2, -0.15) is 13.2 Å². The van der Waals surface area contributed by atoms with Crippen molar-refractivity contribution in [1.29, 1.82) is 0 Å². The van der Waals surface area contributed by atoms with Crippen LogP contribution >= 0.6 is 11.3 Å². The smallest absolute Gasteiger partial charge is 0.352 e. The molecule has 0 bridgehead atoms. The third kappa shape index (κ3) is 7.18. The highest BCUT2D eigenvalue weighted by Gasteiger charge is 2.33. The summed E-state index contributed by atoms with van der Waals surface area (Å²) in [6.45, 7) is 0.540. The van der Waals surface area contributed by atoms with Crippen LogP contribution in [0, 0.1) is 0 Å². The minimum absolute atomic E-state index is 0.0162. The third-order valence-electron chi connectivity index (χ3n) is 3.38. The molecule has 0 aliphatic rings. The molecule has 0 aliphatic carbocycles. The Labute approximate surface area is 159 Å². The average molecular weight is 420 g/mol. The van der Waals surface area contributed by atoms with Gasteiger partial charge in [0.25, 0.3) is 0 Å². The zero-order valence-electron chi connectivity index (χ0n) is 14.7. The summed E-state index contributed by atoms with van der Waals surface area (Å²) in [6, 6.07) is 7.08. The first-order chi connectivity index (χ1) is 12.6. The second-order valence-electron chi connectivity index (χ2n) is 5.79. The van der Waals surface area contributed by atoms with Gasteiger partial charge in [-0.1, -0.05) is 24.3 Å². The summed E-state index contributed by atoms with van der Waals surface area (Å²) < 4.78 is 60.2. The molecule has 0 saturated carbocycles. The minimum atomic E-state index is -4.45. The number of hydrogen-bond acceptors (Lipinski definition) is 5. The molecule has 0 amide bonds. The molecule has 0 saturated heterocycles. The van der Waals surface area contributed by atoms with E-state index in [4.69, 9.17) is 0 Å². The number of aliphatic imine (C=N–C) groups is 1. The van der Waals surface area contributed by atoms with E-state index in [0.717, 1.165) is 22.3 Å². The number of thiazole rings is 1. The van der Waals surface area contributed by atoms with E-state index in [-0.39, 0.29) is 12.3 Å². The number of sulfone groups is 1. The number of rotatable bonds is 6. The molecule has 0 unspecified atom stereocenters. The van der Waals surface area contributed by atoms with Gasteiger partial charge < -0.3 is 10.6 Å². The number of nitrogens with zero attached hydrogens (tertiary/aromatic N) is 2. The third-order valence-corrected chi connectivity index (χ3v) is 5.09. The molecule has 0 spiro atoms. The Kier molecular flexibility index (Phi) is 6.82. The Morgan fingerprint density at radius 2 is 1.74 bits per heavy atom. The maximum Gasteiger partial charge on any atom is 0.434 e. The van der Waals surface area contributed by atoms with Crippen molar-refractivity contribution in [2.75, 3.05) is 13.3 Å². The van der Waals surface area contributed by atoms with E-state index in [2.05, 4.69) is 20.6 Å². The number of guanidine groups is 1. The van der Waals surface area contributed by atoms with Gasteiger partial charge in [-0.05, 0) is 11.1 Å². The Morgan fingerprint density at radius 1 is 1.15 bits per heavy atom. The van der Waals surface area contributed by atoms with Crippen LogP contribution in [-0.4, -0.2) is 32.7 Å². The van der Waals surface area contributed by atoms with Gasteiger partial charge in [0.15, 0.2) is 21.5 Å². The largest absolute Gasteiger partial charge is 0.434 e. The molecule has 0 fully saturated rings. The predicted molar refractivity (Wildman–Crippen MR) is 99.1 cm³/mol. The summed E-state index contributed by atoms with van der Waals surface area (Å²) in [5.41, 5.74) is 0.707. The van der Waals surface area contributed by atoms with Crippen LogP contribution in [0.2, 0.25) is 0 Å². The van der Waals surface area contributed by atoms with E-state index in [9.17, 15) is 21.6 Å². The van der Waals surface area contributed by atoms with Crippen LogP contribution < -0.4 is 10.6 Å². The SMILES string of the molecule is CN=C(NCc1ccc(CS(C)(=O)=O)cc1)NCc1nc(C(F)(F)F)cs1. The van der Waals surface area contributed by atoms with Crippen LogP contribution in [0.1, 0.15) is 21.8 Å². The first kappa shape index (κ1) is 21.2. The van der Waals surface area contributed by atoms with Crippen molar-refractivity contribution < 1.29 is 21.6 Å². The fourth-order valence-electron chi connectivity index (χ4n) is 2.14. The molecule has 148 valence electrons. The second kappa shape index (κ2) is 8.70. The summed E-state index contributed by atoms with van der Waals surface area (Å²) in [6.07, 6.45) is -3.27. The van der Waals surface area contributed by atoms with Gasteiger partial charge in [0, 0.05) is 25.2 Å². The van der Waals surface area contributed by atoms with Gasteiger partial charge in [0.05, 0.1) is 12.3 Å². The Morgan fingerprint density at radius 3 is 2.26 bits per heavy atom. The number of aromatic nitrogens is 1. The molecular formula is C16H19F3N4O2S2. The second-order valence-corrected chi connectivity index (χ2v) is 8.87. The van der Waals surface area contributed by atoms with E-state index < -0.39 is 21.7 Å². The molecule has 0 aliphatic heterocycles. The number of nitrogens with one attached hydrogen (secondary N) is 2. The molecule has 1 heterocycles. The molecule has 1 aromatic carbocycles. The van der Waals surface area contributed by atoms with E-state index in [1.165, 1.54) is 6.26 Å². The standard InChI is InChI=1S/C16H19F3N4O2S2/c1-20-15(22-8-14-23-13(9-26-14)16(17,18)19)21-7-11-3-5-12(6-4-11)10-27(2,24)25/h3-6,9H,7-8,10H2,1-2H3,(H2,20,21,22). The lowest BCUT2D eigenvalue weighted by atomic mass is 10.1. The number of benzene rings is 1. The zero-order valence-corrected chi connectivity index (χ0v) is 16.3. The van der Waals surface area contributed by atoms with Crippen LogP contribution in [0.4, 0.5) is 13.2 Å². The van der Waals surface area contributed by atoms with Gasteiger partial charge in [0.2, 0.25) is 0 Å². The molecule has 2 aromatic rings. The summed E-state index contributed by atoms with van der Waals surface area (Å²) in [5.74, 6) is 0.400. The fourth-order valence-corrected chi connectivity index (χ4v) is 3.68. The van der Waals surface area contributed by atoms with Crippen molar-refractivity contribution in [2.45, 2.75) is 25.0 Å². The molecule has 2 N–H and O–H groups in total. The van der Waals surface area contributed by atoms with Crippen molar-refractivity contribution >= 4 is 27.1 Å². The Hall–Kier alpha value is -2.14. The van der Waals surface area contributed by atoms with E-state index >= 15 is 0 Å². The minimum Gasteiger partial charge on any atom is -0.352 e. The lowest BCUT2D eigenvalue weighted by Crippen LogP contribution is -2.36. The first-order valence-electron chi connectivity index (χ1n) is 7.78. The molecule has 11 heteroatoms. The van der Waals surface area contributed by atoms with Crippen molar-refractivity contribution in [1.82, 2.24) is 15.6 Å². The van der Waals surface area contributed by atoms with E-state index in [1.54, 1.807) is 31.3 Å². The lowest BCUT2D eigenvalue weighted by molar-refractivity contribution is -0.140. The highest BCUT2D eigenvalue weighted by molar-refractivity contribution is 7.89. The Bertz CT molecular complexity index is 891. The maximum absolute atomic E-state index is 12.5. The molecule has 2 rings (SSSR count). The van der Waals surface area contributed by atoms with Gasteiger partial charge in [-0.15, -0.1) is 11.3 Å². The van der Waals surface area contributed by atoms with Crippen molar-refractivity contribution in [3.8, 4) is 0 Å². The van der Waals surface area contributed by atoms with Crippen LogP contribution in [0.25, 0.3) is 0 Å². The van der Waals surface area contributed by atoms with Gasteiger partial charge >= 0.3 is 6.18 Å². The highest BCUT2D eigenvalue weighted by atomic mass is 32.2. The van der Waals surface area contributed by atoms with Crippen LogP contribution in [0.3, 0.4) is 0 Å². The van der Waals surface area contributed by atoms with Crippen LogP contribution in [0.15, 0.2) is 34.6 Å². The summed E-state index contributed by atoms with van der Waals surface area (Å²) in [7, 11) is -1.53. The van der Waals surface area contributed by atoms with Crippen LogP contribution in [-0.2, 0) is 34.9 Å². The predicted octanol–water partition coefficient (Wildman–Crippen LogP) is 2.57. The normalized spacial score (nSPS) is 12.9. The van der Waals surface area contributed by atoms with Crippen molar-refractivity contribution in [2.24, 2.45) is 4.99 Å². The highest BCUT2D eigenvalue weighted by Crippen LogP contribution is 2.29. The fraction of sp³-hybridized carbons (Fsp3) is 0.375. The van der Waals surface area contributed by atoms with Crippen LogP contribution in [0.5, 0.6) is 0 Å². The maximum atomic E-state index is 12.5. The van der Waals surface area contributed by atoms with E-state index in [0.29, 0.717) is 23.1 Å². The van der Waals surface area contributed by atoms with Gasteiger partial charge in [-0.3, -0.25) is 4.99 Å². The first-order valence-corrected chi connectivity index (χ1v) is 10.7. The molecule has 27 heavy (non-hydrogen) atoms. The number of hydrogen-bond donors (Lipinski definition) is 2.